The lowest BCUT2D eigenvalue weighted by molar-refractivity contribution is -0.141. The molecule has 2 aromatic rings. The van der Waals surface area contributed by atoms with Gasteiger partial charge in [0.05, 0.1) is 5.56 Å². The summed E-state index contributed by atoms with van der Waals surface area (Å²) in [4.78, 5) is 5.47. The van der Waals surface area contributed by atoms with Crippen LogP contribution in [-0.4, -0.2) is 24.1 Å². The number of para-hydroxylation sites is 1. The fourth-order valence-electron chi connectivity index (χ4n) is 2.94. The van der Waals surface area contributed by atoms with E-state index >= 15 is 0 Å². The Hall–Kier alpha value is -2.75. The molecule has 0 unspecified atom stereocenters. The molecule has 0 spiro atoms. The number of alkyl halides is 3. The predicted octanol–water partition coefficient (Wildman–Crippen LogP) is 4.05. The van der Waals surface area contributed by atoms with Crippen LogP contribution in [-0.2, 0) is 6.18 Å². The molecule has 1 aromatic heterocycles. The molecule has 4 nitrogen and oxygen atoms in total. The topological polar surface area (TPSA) is 52.0 Å². The van der Waals surface area contributed by atoms with Gasteiger partial charge in [0.2, 0.25) is 0 Å². The average Bonchev–Trinajstić information content (AvgIpc) is 2.62. The molecule has 0 radical (unpaired) electrons. The largest absolute Gasteiger partial charge is 0.433 e. The third kappa shape index (κ3) is 4.02. The lowest BCUT2D eigenvalue weighted by atomic mass is 10.0. The van der Waals surface area contributed by atoms with Crippen molar-refractivity contribution in [2.24, 2.45) is 0 Å². The molecule has 1 N–H and O–H groups in total. The van der Waals surface area contributed by atoms with E-state index in [-0.39, 0.29) is 17.4 Å². The van der Waals surface area contributed by atoms with Crippen LogP contribution in [0.1, 0.15) is 24.1 Å². The van der Waals surface area contributed by atoms with Gasteiger partial charge in [-0.3, -0.25) is 0 Å². The minimum atomic E-state index is -4.52. The lowest BCUT2D eigenvalue weighted by Gasteiger charge is -2.34. The number of piperidine rings is 1. The summed E-state index contributed by atoms with van der Waals surface area (Å²) >= 11 is 0. The normalized spacial score (nSPS) is 15.7. The van der Waals surface area contributed by atoms with Crippen LogP contribution in [0.5, 0.6) is 0 Å². The number of hydrogen-bond donors (Lipinski definition) is 1. The van der Waals surface area contributed by atoms with E-state index in [1.54, 1.807) is 4.90 Å². The Balaban J connectivity index is 1.71. The Morgan fingerprint density at radius 1 is 1.08 bits per heavy atom. The third-order valence-corrected chi connectivity index (χ3v) is 4.23. The smallest absolute Gasteiger partial charge is 0.382 e. The number of pyridine rings is 1. The van der Waals surface area contributed by atoms with Crippen LogP contribution >= 0.6 is 0 Å². The number of anilines is 2. The van der Waals surface area contributed by atoms with Gasteiger partial charge in [-0.1, -0.05) is 18.2 Å². The van der Waals surface area contributed by atoms with Gasteiger partial charge in [0.1, 0.15) is 17.6 Å². The molecule has 1 aliphatic rings. The molecule has 0 saturated carbocycles. The average molecular weight is 346 g/mol. The summed E-state index contributed by atoms with van der Waals surface area (Å²) in [6, 6.07) is 14.0. The molecule has 7 heteroatoms. The van der Waals surface area contributed by atoms with Crippen LogP contribution < -0.4 is 10.2 Å². The van der Waals surface area contributed by atoms with Crippen molar-refractivity contribution in [2.75, 3.05) is 23.3 Å². The van der Waals surface area contributed by atoms with Crippen molar-refractivity contribution in [3.05, 3.63) is 53.7 Å². The van der Waals surface area contributed by atoms with Gasteiger partial charge in [-0.15, -0.1) is 0 Å². The zero-order valence-corrected chi connectivity index (χ0v) is 13.4. The van der Waals surface area contributed by atoms with Crippen molar-refractivity contribution in [2.45, 2.75) is 25.1 Å². The molecule has 1 aliphatic heterocycles. The minimum absolute atomic E-state index is 0.121. The zero-order valence-electron chi connectivity index (χ0n) is 13.4. The van der Waals surface area contributed by atoms with Gasteiger partial charge in [-0.25, -0.2) is 4.98 Å². The number of rotatable bonds is 3. The van der Waals surface area contributed by atoms with Gasteiger partial charge in [0, 0.05) is 24.8 Å². The van der Waals surface area contributed by atoms with E-state index in [0.717, 1.165) is 24.6 Å². The first-order chi connectivity index (χ1) is 12.0. The second kappa shape index (κ2) is 7.01. The predicted molar refractivity (Wildman–Crippen MR) is 89.3 cm³/mol. The van der Waals surface area contributed by atoms with Gasteiger partial charge >= 0.3 is 6.18 Å². The van der Waals surface area contributed by atoms with Crippen molar-refractivity contribution in [3.63, 3.8) is 0 Å². The van der Waals surface area contributed by atoms with Crippen LogP contribution in [0.25, 0.3) is 0 Å². The SMILES string of the molecule is N#Cc1ccc(C(F)(F)F)nc1N1CCC(Nc2ccccc2)CC1. The van der Waals surface area contributed by atoms with E-state index in [0.29, 0.717) is 13.1 Å². The van der Waals surface area contributed by atoms with Crippen molar-refractivity contribution < 1.29 is 13.2 Å². The molecular weight excluding hydrogens is 329 g/mol. The summed E-state index contributed by atoms with van der Waals surface area (Å²) < 4.78 is 38.7. The van der Waals surface area contributed by atoms with Gasteiger partial charge in [-0.2, -0.15) is 18.4 Å². The first-order valence-corrected chi connectivity index (χ1v) is 8.02. The Labute approximate surface area is 143 Å². The van der Waals surface area contributed by atoms with Crippen LogP contribution in [0.4, 0.5) is 24.7 Å². The Morgan fingerprint density at radius 2 is 1.76 bits per heavy atom. The molecule has 0 amide bonds. The van der Waals surface area contributed by atoms with E-state index in [4.69, 9.17) is 0 Å². The van der Waals surface area contributed by atoms with Crippen LogP contribution in [0.3, 0.4) is 0 Å². The van der Waals surface area contributed by atoms with Gasteiger partial charge in [0.15, 0.2) is 0 Å². The highest BCUT2D eigenvalue weighted by molar-refractivity contribution is 5.55. The molecule has 3 rings (SSSR count). The van der Waals surface area contributed by atoms with Gasteiger partial charge < -0.3 is 10.2 Å². The first-order valence-electron chi connectivity index (χ1n) is 8.02. The maximum Gasteiger partial charge on any atom is 0.433 e. The van der Waals surface area contributed by atoms with Crippen molar-refractivity contribution in [1.29, 1.82) is 5.26 Å². The number of nitrogens with zero attached hydrogens (tertiary/aromatic N) is 3. The molecule has 2 heterocycles. The third-order valence-electron chi connectivity index (χ3n) is 4.23. The number of nitrogens with one attached hydrogen (secondary N) is 1. The van der Waals surface area contributed by atoms with E-state index in [9.17, 15) is 18.4 Å². The van der Waals surface area contributed by atoms with Crippen molar-refractivity contribution in [1.82, 2.24) is 4.98 Å². The lowest BCUT2D eigenvalue weighted by Crippen LogP contribution is -2.40. The highest BCUT2D eigenvalue weighted by atomic mass is 19.4. The molecular formula is C18H17F3N4. The molecule has 130 valence electrons. The second-order valence-corrected chi connectivity index (χ2v) is 5.95. The molecule has 0 bridgehead atoms. The van der Waals surface area contributed by atoms with E-state index in [1.165, 1.54) is 6.07 Å². The zero-order chi connectivity index (χ0) is 17.9. The highest BCUT2D eigenvalue weighted by Crippen LogP contribution is 2.31. The Kier molecular flexibility index (Phi) is 4.79. The van der Waals surface area contributed by atoms with E-state index in [2.05, 4.69) is 10.3 Å². The van der Waals surface area contributed by atoms with Crippen LogP contribution in [0.2, 0.25) is 0 Å². The van der Waals surface area contributed by atoms with Gasteiger partial charge in [-0.05, 0) is 37.1 Å². The molecule has 0 aliphatic carbocycles. The van der Waals surface area contributed by atoms with Crippen molar-refractivity contribution in [3.8, 4) is 6.07 Å². The summed E-state index contributed by atoms with van der Waals surface area (Å²) in [7, 11) is 0. The minimum Gasteiger partial charge on any atom is -0.382 e. The van der Waals surface area contributed by atoms with Crippen LogP contribution in [0, 0.1) is 11.3 Å². The second-order valence-electron chi connectivity index (χ2n) is 5.95. The molecule has 1 saturated heterocycles. The summed E-state index contributed by atoms with van der Waals surface area (Å²) in [5.41, 5.74) is 0.226. The fourth-order valence-corrected chi connectivity index (χ4v) is 2.94. The standard InChI is InChI=1S/C18H17F3N4/c19-18(20,21)16-7-6-13(12-22)17(24-16)25-10-8-15(9-11-25)23-14-4-2-1-3-5-14/h1-7,15,23H,8-11H2. The Morgan fingerprint density at radius 3 is 2.36 bits per heavy atom. The monoisotopic (exact) mass is 346 g/mol. The Bertz CT molecular complexity index is 760. The number of nitriles is 1. The number of benzene rings is 1. The molecule has 25 heavy (non-hydrogen) atoms. The highest BCUT2D eigenvalue weighted by Gasteiger charge is 2.34. The maximum atomic E-state index is 12.9. The fraction of sp³-hybridized carbons (Fsp3) is 0.333. The molecule has 0 atom stereocenters. The number of halogens is 3. The molecule has 1 aromatic carbocycles. The summed E-state index contributed by atoms with van der Waals surface area (Å²) in [6.07, 6.45) is -2.99. The number of hydrogen-bond acceptors (Lipinski definition) is 4. The van der Waals surface area contributed by atoms with Gasteiger partial charge in [0.25, 0.3) is 0 Å². The molecule has 1 fully saturated rings. The summed E-state index contributed by atoms with van der Waals surface area (Å²) in [5, 5.41) is 12.6. The van der Waals surface area contributed by atoms with E-state index < -0.39 is 11.9 Å². The summed E-state index contributed by atoms with van der Waals surface area (Å²) in [5.74, 6) is 0.121. The number of aromatic nitrogens is 1. The first kappa shape index (κ1) is 17.1. The van der Waals surface area contributed by atoms with Crippen LogP contribution in [0.15, 0.2) is 42.5 Å². The maximum absolute atomic E-state index is 12.9. The quantitative estimate of drug-likeness (QED) is 0.911. The summed E-state index contributed by atoms with van der Waals surface area (Å²) in [6.45, 7) is 1.10. The van der Waals surface area contributed by atoms with E-state index in [1.807, 2.05) is 36.4 Å². The van der Waals surface area contributed by atoms with Crippen molar-refractivity contribution >= 4 is 11.5 Å².